The number of nitrogens with one attached hydrogen (secondary N) is 1. The third kappa shape index (κ3) is 3.96. The number of nitrogens with two attached hydrogens (primary N) is 1. The number of rotatable bonds is 4. The molecule has 0 radical (unpaired) electrons. The van der Waals surface area contributed by atoms with Crippen LogP contribution in [-0.2, 0) is 0 Å². The van der Waals surface area contributed by atoms with Crippen LogP contribution in [0.1, 0.15) is 22.4 Å². The van der Waals surface area contributed by atoms with E-state index in [1.807, 2.05) is 30.3 Å². The molecule has 3 N–H and O–H groups in total. The van der Waals surface area contributed by atoms with Gasteiger partial charge < -0.3 is 11.1 Å². The van der Waals surface area contributed by atoms with Crippen LogP contribution in [0.4, 0.5) is 17.5 Å². The van der Waals surface area contributed by atoms with E-state index < -0.39 is 0 Å². The zero-order chi connectivity index (χ0) is 22.7. The number of benzene rings is 2. The zero-order valence-electron chi connectivity index (χ0n) is 17.6. The lowest BCUT2D eigenvalue weighted by Crippen LogP contribution is -2.01. The number of aryl methyl sites for hydroxylation is 2. The van der Waals surface area contributed by atoms with Gasteiger partial charge in [-0.3, -0.25) is 0 Å². The second kappa shape index (κ2) is 8.55. The summed E-state index contributed by atoms with van der Waals surface area (Å²) < 4.78 is 0. The van der Waals surface area contributed by atoms with Crippen molar-refractivity contribution in [1.82, 2.24) is 15.0 Å². The van der Waals surface area contributed by atoms with Crippen LogP contribution >= 0.6 is 0 Å². The average molecular weight is 417 g/mol. The highest BCUT2D eigenvalue weighted by molar-refractivity contribution is 6.03. The number of nitriles is 2. The standard InChI is InChI=1S/C25H19N7/c1-15-9-17(5-4-8-26)10-16(2)24(15)19-6-3-7-20-21(19)11-22(32-25(20)28)31-23-14-29-18(12-27)13-30-23/h3-7,9-11,13-14H,1-2H3,(H3,28,30,31,32). The van der Waals surface area contributed by atoms with E-state index in [2.05, 4.69) is 52.3 Å². The fourth-order valence-corrected chi connectivity index (χ4v) is 3.82. The zero-order valence-corrected chi connectivity index (χ0v) is 17.6. The first-order chi connectivity index (χ1) is 15.5. The summed E-state index contributed by atoms with van der Waals surface area (Å²) in [4.78, 5) is 12.7. The van der Waals surface area contributed by atoms with Crippen LogP contribution in [0.2, 0.25) is 0 Å². The van der Waals surface area contributed by atoms with E-state index in [0.717, 1.165) is 38.6 Å². The summed E-state index contributed by atoms with van der Waals surface area (Å²) in [5, 5.41) is 22.6. The van der Waals surface area contributed by atoms with Crippen molar-refractivity contribution in [2.45, 2.75) is 13.8 Å². The van der Waals surface area contributed by atoms with Gasteiger partial charge in [0.1, 0.15) is 23.5 Å². The van der Waals surface area contributed by atoms with Crippen molar-refractivity contribution in [3.05, 3.63) is 77.3 Å². The van der Waals surface area contributed by atoms with Crippen molar-refractivity contribution in [2.24, 2.45) is 0 Å². The Kier molecular flexibility index (Phi) is 5.48. The Morgan fingerprint density at radius 2 is 1.75 bits per heavy atom. The van der Waals surface area contributed by atoms with Crippen molar-refractivity contribution in [2.75, 3.05) is 11.1 Å². The average Bonchev–Trinajstić information content (AvgIpc) is 2.78. The predicted octanol–water partition coefficient (Wildman–Crippen LogP) is 5.04. The highest BCUT2D eigenvalue weighted by Gasteiger charge is 2.14. The normalized spacial score (nSPS) is 10.8. The minimum Gasteiger partial charge on any atom is -0.383 e. The van der Waals surface area contributed by atoms with E-state index in [1.165, 1.54) is 18.5 Å². The van der Waals surface area contributed by atoms with Crippen LogP contribution in [0.15, 0.2) is 54.9 Å². The molecule has 0 unspecified atom stereocenters. The van der Waals surface area contributed by atoms with Crippen LogP contribution < -0.4 is 11.1 Å². The molecule has 154 valence electrons. The lowest BCUT2D eigenvalue weighted by Gasteiger charge is -2.16. The van der Waals surface area contributed by atoms with Crippen molar-refractivity contribution in [3.63, 3.8) is 0 Å². The molecule has 0 aliphatic heterocycles. The van der Waals surface area contributed by atoms with Gasteiger partial charge in [0.15, 0.2) is 5.69 Å². The van der Waals surface area contributed by atoms with Crippen LogP contribution in [0.25, 0.3) is 28.0 Å². The number of allylic oxidation sites excluding steroid dienone is 1. The summed E-state index contributed by atoms with van der Waals surface area (Å²) in [6, 6.07) is 16.0. The molecule has 0 aliphatic carbocycles. The van der Waals surface area contributed by atoms with E-state index >= 15 is 0 Å². The topological polar surface area (TPSA) is 124 Å². The maximum Gasteiger partial charge on any atom is 0.158 e. The smallest absolute Gasteiger partial charge is 0.158 e. The molecule has 0 spiro atoms. The number of anilines is 3. The van der Waals surface area contributed by atoms with E-state index in [-0.39, 0.29) is 5.69 Å². The number of nitrogens with zero attached hydrogens (tertiary/aromatic N) is 5. The third-order valence-electron chi connectivity index (χ3n) is 5.10. The molecule has 0 saturated heterocycles. The molecule has 0 aliphatic rings. The molecule has 2 heterocycles. The Morgan fingerprint density at radius 1 is 0.969 bits per heavy atom. The maximum absolute atomic E-state index is 8.90. The first kappa shape index (κ1) is 20.5. The first-order valence-electron chi connectivity index (χ1n) is 9.86. The van der Waals surface area contributed by atoms with Gasteiger partial charge in [-0.05, 0) is 59.2 Å². The summed E-state index contributed by atoms with van der Waals surface area (Å²) in [7, 11) is 0. The minimum absolute atomic E-state index is 0.239. The Bertz CT molecular complexity index is 1420. The van der Waals surface area contributed by atoms with Crippen molar-refractivity contribution >= 4 is 34.3 Å². The molecule has 0 amide bonds. The van der Waals surface area contributed by atoms with Gasteiger partial charge in [-0.15, -0.1) is 0 Å². The van der Waals surface area contributed by atoms with Crippen molar-refractivity contribution in [1.29, 1.82) is 10.5 Å². The first-order valence-corrected chi connectivity index (χ1v) is 9.86. The van der Waals surface area contributed by atoms with E-state index in [1.54, 1.807) is 6.08 Å². The molecule has 0 fully saturated rings. The molecule has 0 atom stereocenters. The number of nitrogen functional groups attached to an aromatic ring is 1. The van der Waals surface area contributed by atoms with Crippen molar-refractivity contribution < 1.29 is 0 Å². The molecule has 2 aromatic carbocycles. The molecule has 7 nitrogen and oxygen atoms in total. The summed E-state index contributed by atoms with van der Waals surface area (Å²) >= 11 is 0. The number of aromatic nitrogens is 3. The quantitative estimate of drug-likeness (QED) is 0.445. The summed E-state index contributed by atoms with van der Waals surface area (Å²) in [5.74, 6) is 1.40. The van der Waals surface area contributed by atoms with Crippen LogP contribution in [0, 0.1) is 36.5 Å². The van der Waals surface area contributed by atoms with Gasteiger partial charge in [-0.2, -0.15) is 10.5 Å². The highest BCUT2D eigenvalue weighted by Crippen LogP contribution is 2.37. The molecular formula is C25H19N7. The number of hydrogen-bond acceptors (Lipinski definition) is 7. The van der Waals surface area contributed by atoms with Gasteiger partial charge in [0.05, 0.1) is 18.5 Å². The molecule has 4 aromatic rings. The Morgan fingerprint density at radius 3 is 2.41 bits per heavy atom. The summed E-state index contributed by atoms with van der Waals surface area (Å²) in [6.07, 6.45) is 6.15. The Balaban J connectivity index is 1.83. The largest absolute Gasteiger partial charge is 0.383 e. The number of hydrogen-bond donors (Lipinski definition) is 2. The molecule has 2 aromatic heterocycles. The Hall–Kier alpha value is -4.75. The molecule has 0 saturated carbocycles. The van der Waals surface area contributed by atoms with Crippen LogP contribution in [0.5, 0.6) is 0 Å². The van der Waals surface area contributed by atoms with Crippen LogP contribution in [0.3, 0.4) is 0 Å². The van der Waals surface area contributed by atoms with Crippen LogP contribution in [-0.4, -0.2) is 15.0 Å². The van der Waals surface area contributed by atoms with E-state index in [9.17, 15) is 0 Å². The van der Waals surface area contributed by atoms with E-state index in [4.69, 9.17) is 16.3 Å². The lowest BCUT2D eigenvalue weighted by atomic mass is 9.90. The number of fused-ring (bicyclic) bond motifs is 1. The lowest BCUT2D eigenvalue weighted by molar-refractivity contribution is 1.15. The summed E-state index contributed by atoms with van der Waals surface area (Å²) in [5.41, 5.74) is 11.8. The molecule has 0 bridgehead atoms. The molecular weight excluding hydrogens is 398 g/mol. The second-order valence-electron chi connectivity index (χ2n) is 7.31. The minimum atomic E-state index is 0.239. The van der Waals surface area contributed by atoms with E-state index in [0.29, 0.717) is 17.5 Å². The monoisotopic (exact) mass is 417 g/mol. The second-order valence-corrected chi connectivity index (χ2v) is 7.31. The van der Waals surface area contributed by atoms with Gasteiger partial charge in [-0.1, -0.05) is 30.3 Å². The summed E-state index contributed by atoms with van der Waals surface area (Å²) in [6.45, 7) is 4.11. The number of pyridine rings is 1. The molecule has 32 heavy (non-hydrogen) atoms. The van der Waals surface area contributed by atoms with Gasteiger partial charge in [0.2, 0.25) is 0 Å². The fraction of sp³-hybridized carbons (Fsp3) is 0.0800. The van der Waals surface area contributed by atoms with Gasteiger partial charge in [0.25, 0.3) is 0 Å². The van der Waals surface area contributed by atoms with Gasteiger partial charge in [0, 0.05) is 11.5 Å². The Labute approximate surface area is 185 Å². The predicted molar refractivity (Wildman–Crippen MR) is 126 cm³/mol. The van der Waals surface area contributed by atoms with Crippen molar-refractivity contribution in [3.8, 4) is 23.3 Å². The SMILES string of the molecule is Cc1cc(C=CC#N)cc(C)c1-c1cccc2c(N)nc(Nc3cnc(C#N)cn3)cc12. The van der Waals surface area contributed by atoms with Gasteiger partial charge in [-0.25, -0.2) is 15.0 Å². The maximum atomic E-state index is 8.90. The van der Waals surface area contributed by atoms with Gasteiger partial charge >= 0.3 is 0 Å². The fourth-order valence-electron chi connectivity index (χ4n) is 3.82. The highest BCUT2D eigenvalue weighted by atomic mass is 15.1. The molecule has 4 rings (SSSR count). The third-order valence-corrected chi connectivity index (χ3v) is 5.10. The molecule has 7 heteroatoms.